The number of aryl methyl sites for hydroxylation is 1. The van der Waals surface area contributed by atoms with Crippen molar-refractivity contribution in [3.8, 4) is 28.0 Å². The number of benzene rings is 8. The van der Waals surface area contributed by atoms with Gasteiger partial charge in [-0.3, -0.25) is 30.0 Å². The van der Waals surface area contributed by atoms with Crippen molar-refractivity contribution in [2.45, 2.75) is 41.9 Å². The second kappa shape index (κ2) is 22.3. The number of carbonyl (C=O) groups is 4. The lowest BCUT2D eigenvalue weighted by Gasteiger charge is -2.27. The van der Waals surface area contributed by atoms with E-state index in [1.54, 1.807) is 146 Å². The van der Waals surface area contributed by atoms with E-state index in [1.165, 1.54) is 40.1 Å². The van der Waals surface area contributed by atoms with Gasteiger partial charge >= 0.3 is 0 Å². The molecule has 0 saturated heterocycles. The van der Waals surface area contributed by atoms with Crippen LogP contribution < -0.4 is 32.4 Å². The number of hydrogen-bond donors (Lipinski definition) is 9. The number of phenolic OH excluding ortho intramolecular Hbond substituents is 1. The number of phenols is 1. The summed E-state index contributed by atoms with van der Waals surface area (Å²) in [6.07, 6.45) is 0. The lowest BCUT2D eigenvalue weighted by molar-refractivity contribution is -0.121. The third-order valence-corrected chi connectivity index (χ3v) is 15.5. The van der Waals surface area contributed by atoms with E-state index in [0.29, 0.717) is 72.4 Å². The number of nitrogens with two attached hydrogens (primary N) is 4. The van der Waals surface area contributed by atoms with Crippen LogP contribution in [0.4, 0.5) is 11.4 Å². The topological polar surface area (TPSA) is 339 Å². The van der Waals surface area contributed by atoms with Gasteiger partial charge in [-0.1, -0.05) is 121 Å². The first-order valence-electron chi connectivity index (χ1n) is 24.5. The molecule has 0 aliphatic carbocycles. The Morgan fingerprint density at radius 3 is 1.32 bits per heavy atom. The van der Waals surface area contributed by atoms with Crippen molar-refractivity contribution < 1.29 is 41.1 Å². The monoisotopic (exact) mass is 1110 g/mol. The molecule has 4 amide bonds. The summed E-state index contributed by atoms with van der Waals surface area (Å²) in [7, 11) is -7.96. The normalized spacial score (nSPS) is 13.5. The minimum absolute atomic E-state index is 0.0131. The predicted molar refractivity (Wildman–Crippen MR) is 303 cm³/mol. The van der Waals surface area contributed by atoms with E-state index in [2.05, 4.69) is 10.6 Å². The number of amides is 4. The molecular weight excluding hydrogens is 1060 g/mol. The van der Waals surface area contributed by atoms with Gasteiger partial charge in [-0.2, -0.15) is 0 Å². The fraction of sp³-hybridized carbons (Fsp3) is 0.0847. The molecule has 0 saturated carbocycles. The number of nitrogens with one attached hydrogen (secondary N) is 4. The Bertz CT molecular complexity index is 3810. The van der Waals surface area contributed by atoms with Gasteiger partial charge in [0.25, 0.3) is 23.6 Å². The number of nitrogens with zero attached hydrogens (tertiary/aromatic N) is 2. The molecule has 2 heterocycles. The van der Waals surface area contributed by atoms with Gasteiger partial charge < -0.3 is 37.0 Å². The van der Waals surface area contributed by atoms with Crippen LogP contribution in [-0.2, 0) is 42.7 Å². The number of fused-ring (bicyclic) bond motifs is 2. The Kier molecular flexibility index (Phi) is 15.3. The standard InChI is InChI=1S/C30H27N5O4S.C29H25N5O5S/c1-18-11-12-21(28(31)32)16-25(18)34-29(36)27(19-7-3-2-4-8-19)35-17-22-15-20(13-14-24(22)30(35)37)23-9-5-6-10-26(23)40(33,38)39;30-27(31)19-11-13-24(35)23(15-19)33-28(36)26(17-6-2-1-3-7-17)34-16-20-14-18(10-12-22(20)29(34)37)21-8-4-5-9-25(21)40(32,38)39/h2-16,27H,17H2,1H3,(H3,31,32)(H,34,36)(H2,33,38,39);1-15,26,35H,16H2,(H3,30,31)(H,33,36)(H2,32,38,39). The summed E-state index contributed by atoms with van der Waals surface area (Å²) in [6, 6.07) is 47.8. The summed E-state index contributed by atoms with van der Waals surface area (Å²) in [5, 5.41) is 42.2. The van der Waals surface area contributed by atoms with Crippen molar-refractivity contribution in [3.05, 3.63) is 232 Å². The third kappa shape index (κ3) is 11.4. The lowest BCUT2D eigenvalue weighted by Crippen LogP contribution is -2.37. The Morgan fingerprint density at radius 2 is 0.900 bits per heavy atom. The van der Waals surface area contributed by atoms with Crippen LogP contribution in [0, 0.1) is 17.7 Å². The number of aromatic hydroxyl groups is 1. The molecule has 0 aromatic heterocycles. The zero-order chi connectivity index (χ0) is 57.2. The van der Waals surface area contributed by atoms with E-state index >= 15 is 0 Å². The number of hydrogen-bond acceptors (Lipinski definition) is 11. The molecule has 13 N–H and O–H groups in total. The van der Waals surface area contributed by atoms with Crippen molar-refractivity contribution in [3.63, 3.8) is 0 Å². The zero-order valence-electron chi connectivity index (χ0n) is 42.6. The van der Waals surface area contributed by atoms with E-state index in [1.807, 2.05) is 13.0 Å². The molecule has 2 aliphatic heterocycles. The minimum atomic E-state index is -3.99. The predicted octanol–water partition coefficient (Wildman–Crippen LogP) is 7.26. The van der Waals surface area contributed by atoms with Gasteiger partial charge in [-0.05, 0) is 107 Å². The quantitative estimate of drug-likeness (QED) is 0.0296. The van der Waals surface area contributed by atoms with Crippen LogP contribution in [0.2, 0.25) is 0 Å². The maximum absolute atomic E-state index is 13.8. The Morgan fingerprint density at radius 1 is 0.512 bits per heavy atom. The highest BCUT2D eigenvalue weighted by Crippen LogP contribution is 2.39. The molecular formula is C59H52N10O9S2. The van der Waals surface area contributed by atoms with Gasteiger partial charge in [-0.15, -0.1) is 0 Å². The maximum atomic E-state index is 13.8. The van der Waals surface area contributed by atoms with Crippen molar-refractivity contribution in [1.29, 1.82) is 10.8 Å². The van der Waals surface area contributed by atoms with Crippen LogP contribution in [0.1, 0.15) is 71.7 Å². The Labute approximate surface area is 460 Å². The Hall–Kier alpha value is -9.80. The summed E-state index contributed by atoms with van der Waals surface area (Å²) in [4.78, 5) is 57.6. The number of nitrogen functional groups attached to an aromatic ring is 2. The number of carbonyl (C=O) groups excluding carboxylic acids is 4. The highest BCUT2D eigenvalue weighted by atomic mass is 32.2. The summed E-state index contributed by atoms with van der Waals surface area (Å²) in [5.74, 6) is -2.29. The van der Waals surface area contributed by atoms with Crippen LogP contribution in [-0.4, -0.2) is 67.0 Å². The van der Waals surface area contributed by atoms with Crippen LogP contribution in [0.5, 0.6) is 5.75 Å². The molecule has 0 spiro atoms. The molecule has 0 fully saturated rings. The average molecular weight is 1110 g/mol. The number of rotatable bonds is 14. The number of sulfonamides is 2. The molecule has 19 nitrogen and oxygen atoms in total. The van der Waals surface area contributed by atoms with Gasteiger partial charge in [0.05, 0.1) is 15.5 Å². The zero-order valence-corrected chi connectivity index (χ0v) is 44.3. The molecule has 2 unspecified atom stereocenters. The second-order valence-electron chi connectivity index (χ2n) is 18.9. The fourth-order valence-electron chi connectivity index (χ4n) is 9.69. The van der Waals surface area contributed by atoms with Gasteiger partial charge in [0.15, 0.2) is 0 Å². The van der Waals surface area contributed by atoms with Gasteiger partial charge in [0, 0.05) is 52.2 Å². The van der Waals surface area contributed by atoms with E-state index in [0.717, 1.165) is 5.56 Å². The third-order valence-electron chi connectivity index (χ3n) is 13.6. The molecule has 21 heteroatoms. The molecule has 8 aromatic rings. The molecule has 404 valence electrons. The number of amidine groups is 2. The first kappa shape index (κ1) is 55.0. The summed E-state index contributed by atoms with van der Waals surface area (Å²) >= 11 is 0. The van der Waals surface area contributed by atoms with Gasteiger partial charge in [0.1, 0.15) is 29.5 Å². The van der Waals surface area contributed by atoms with Gasteiger partial charge in [0.2, 0.25) is 20.0 Å². The van der Waals surface area contributed by atoms with E-state index in [-0.39, 0.29) is 57.8 Å². The fourth-order valence-corrected chi connectivity index (χ4v) is 11.2. The molecule has 2 aliphatic rings. The Balaban J connectivity index is 0.000000194. The van der Waals surface area contributed by atoms with E-state index in [9.17, 15) is 41.1 Å². The highest BCUT2D eigenvalue weighted by Gasteiger charge is 2.40. The van der Waals surface area contributed by atoms with E-state index in [4.69, 9.17) is 32.6 Å². The van der Waals surface area contributed by atoms with Gasteiger partial charge in [-0.25, -0.2) is 27.1 Å². The molecule has 0 radical (unpaired) electrons. The first-order valence-corrected chi connectivity index (χ1v) is 27.6. The maximum Gasteiger partial charge on any atom is 0.255 e. The van der Waals surface area contributed by atoms with E-state index < -0.39 is 43.9 Å². The lowest BCUT2D eigenvalue weighted by atomic mass is 10.0. The second-order valence-corrected chi connectivity index (χ2v) is 21.9. The summed E-state index contributed by atoms with van der Waals surface area (Å²) in [6.45, 7) is 2.04. The number of anilines is 2. The molecule has 8 aromatic carbocycles. The molecule has 10 rings (SSSR count). The largest absolute Gasteiger partial charge is 0.506 e. The average Bonchev–Trinajstić information content (AvgIpc) is 3.94. The van der Waals surface area contributed by atoms with Crippen LogP contribution >= 0.6 is 0 Å². The minimum Gasteiger partial charge on any atom is -0.506 e. The first-order chi connectivity index (χ1) is 38.1. The van der Waals surface area contributed by atoms with Crippen LogP contribution in [0.25, 0.3) is 22.3 Å². The molecule has 80 heavy (non-hydrogen) atoms. The molecule has 0 bridgehead atoms. The van der Waals surface area contributed by atoms with Crippen molar-refractivity contribution in [2.75, 3.05) is 10.6 Å². The van der Waals surface area contributed by atoms with Crippen molar-refractivity contribution in [1.82, 2.24) is 9.80 Å². The highest BCUT2D eigenvalue weighted by molar-refractivity contribution is 7.89. The summed E-state index contributed by atoms with van der Waals surface area (Å²) < 4.78 is 48.6. The molecule has 2 atom stereocenters. The SMILES string of the molecule is Cc1ccc(C(=N)N)cc1NC(=O)C(c1ccccc1)N1Cc2cc(-c3ccccc3S(N)(=O)=O)ccc2C1=O.N=C(N)c1ccc(O)c(NC(=O)C(c2ccccc2)N2Cc3cc(-c4ccccc4S(N)(=O)=O)ccc3C2=O)c1. The smallest absolute Gasteiger partial charge is 0.255 e. The van der Waals surface area contributed by atoms with Crippen LogP contribution in [0.15, 0.2) is 192 Å². The number of primary sulfonamides is 2. The van der Waals surface area contributed by atoms with Crippen molar-refractivity contribution in [2.24, 2.45) is 21.7 Å². The summed E-state index contributed by atoms with van der Waals surface area (Å²) in [5.41, 5.74) is 18.5. The van der Waals surface area contributed by atoms with Crippen molar-refractivity contribution >= 4 is 66.7 Å². The van der Waals surface area contributed by atoms with Crippen LogP contribution in [0.3, 0.4) is 0 Å².